The molecular weight excluding hydrogens is 168 g/mol. The van der Waals surface area contributed by atoms with E-state index in [1.54, 1.807) is 0 Å². The van der Waals surface area contributed by atoms with Gasteiger partial charge in [0.05, 0.1) is 5.56 Å². The third-order valence-corrected chi connectivity index (χ3v) is 1.36. The van der Waals surface area contributed by atoms with Crippen LogP contribution in [0.2, 0.25) is 0 Å². The van der Waals surface area contributed by atoms with Crippen molar-refractivity contribution in [1.29, 1.82) is 0 Å². The van der Waals surface area contributed by atoms with Crippen molar-refractivity contribution in [2.75, 3.05) is 5.73 Å². The van der Waals surface area contributed by atoms with Crippen LogP contribution in [-0.2, 0) is 6.18 Å². The summed E-state index contributed by atoms with van der Waals surface area (Å²) in [4.78, 5) is 3.40. The minimum atomic E-state index is -4.41. The van der Waals surface area contributed by atoms with Gasteiger partial charge < -0.3 is 5.73 Å². The Morgan fingerprint density at radius 3 is 2.42 bits per heavy atom. The second-order valence-corrected chi connectivity index (χ2v) is 2.44. The zero-order valence-corrected chi connectivity index (χ0v) is 6.31. The zero-order valence-electron chi connectivity index (χ0n) is 6.31. The lowest BCUT2D eigenvalue weighted by Crippen LogP contribution is -2.15. The molecule has 0 aromatic carbocycles. The minimum Gasteiger partial charge on any atom is -0.383 e. The van der Waals surface area contributed by atoms with E-state index in [1.807, 2.05) is 0 Å². The van der Waals surface area contributed by atoms with Gasteiger partial charge in [0, 0.05) is 6.20 Å². The smallest absolute Gasteiger partial charge is 0.383 e. The molecule has 0 aliphatic rings. The summed E-state index contributed by atoms with van der Waals surface area (Å²) in [7, 11) is 1.53. The van der Waals surface area contributed by atoms with E-state index in [9.17, 15) is 13.2 Å². The number of aromatic nitrogens is 1. The van der Waals surface area contributed by atoms with Gasteiger partial charge in [-0.3, -0.25) is 0 Å². The van der Waals surface area contributed by atoms with E-state index >= 15 is 0 Å². The minimum absolute atomic E-state index is 0.441. The molecule has 2 N–H and O–H groups in total. The summed E-state index contributed by atoms with van der Waals surface area (Å²) in [6, 6.07) is 0.975. The van der Waals surface area contributed by atoms with Crippen LogP contribution >= 0.6 is 0 Å². The molecule has 0 unspecified atom stereocenters. The van der Waals surface area contributed by atoms with Crippen molar-refractivity contribution in [1.82, 2.24) is 4.98 Å². The number of pyridine rings is 1. The van der Waals surface area contributed by atoms with E-state index in [0.29, 0.717) is 5.46 Å². The highest BCUT2D eigenvalue weighted by molar-refractivity contribution is 6.32. The Balaban J connectivity index is 3.23. The van der Waals surface area contributed by atoms with Crippen LogP contribution in [0.1, 0.15) is 5.56 Å². The first-order chi connectivity index (χ1) is 5.41. The first-order valence-electron chi connectivity index (χ1n) is 3.20. The number of nitrogens with two attached hydrogens (primary N) is 1. The van der Waals surface area contributed by atoms with Crippen molar-refractivity contribution in [3.05, 3.63) is 17.8 Å². The highest BCUT2D eigenvalue weighted by Gasteiger charge is 2.33. The number of alkyl halides is 3. The fourth-order valence-electron chi connectivity index (χ4n) is 0.807. The second kappa shape index (κ2) is 2.69. The van der Waals surface area contributed by atoms with E-state index < -0.39 is 17.6 Å². The molecule has 0 spiro atoms. The number of hydrogen-bond acceptors (Lipinski definition) is 2. The van der Waals surface area contributed by atoms with Crippen LogP contribution < -0.4 is 11.2 Å². The van der Waals surface area contributed by atoms with Gasteiger partial charge in [-0.1, -0.05) is 11.5 Å². The maximum atomic E-state index is 12.1. The van der Waals surface area contributed by atoms with Gasteiger partial charge in [0.25, 0.3) is 0 Å². The fourth-order valence-corrected chi connectivity index (χ4v) is 0.807. The van der Waals surface area contributed by atoms with Gasteiger partial charge >= 0.3 is 6.18 Å². The summed E-state index contributed by atoms with van der Waals surface area (Å²) in [5.41, 5.74) is 4.61. The molecule has 1 aromatic rings. The van der Waals surface area contributed by atoms with Gasteiger partial charge in [-0.25, -0.2) is 4.98 Å². The Morgan fingerprint density at radius 1 is 1.42 bits per heavy atom. The number of rotatable bonds is 0. The monoisotopic (exact) mass is 174 g/mol. The van der Waals surface area contributed by atoms with Crippen molar-refractivity contribution in [2.45, 2.75) is 6.18 Å². The molecule has 0 amide bonds. The normalized spacial score (nSPS) is 11.6. The molecule has 0 aliphatic heterocycles. The summed E-state index contributed by atoms with van der Waals surface area (Å²) >= 11 is 0. The highest BCUT2D eigenvalue weighted by atomic mass is 19.4. The van der Waals surface area contributed by atoms with E-state index in [2.05, 4.69) is 4.98 Å². The summed E-state index contributed by atoms with van der Waals surface area (Å²) < 4.78 is 36.3. The summed E-state index contributed by atoms with van der Waals surface area (Å²) in [6.45, 7) is 0. The lowest BCUT2D eigenvalue weighted by molar-refractivity contribution is -0.137. The van der Waals surface area contributed by atoms with E-state index in [1.165, 1.54) is 14.0 Å². The van der Waals surface area contributed by atoms with Crippen molar-refractivity contribution in [3.63, 3.8) is 0 Å². The van der Waals surface area contributed by atoms with Crippen LogP contribution in [0.15, 0.2) is 12.3 Å². The SMILES string of the molecule is Bc1cnc(N)c(C(F)(F)F)c1. The first kappa shape index (κ1) is 8.90. The van der Waals surface area contributed by atoms with Crippen molar-refractivity contribution < 1.29 is 13.2 Å². The molecule has 0 radical (unpaired) electrons. The average Bonchev–Trinajstić information content (AvgIpc) is 1.92. The molecule has 64 valence electrons. The van der Waals surface area contributed by atoms with Gasteiger partial charge in [-0.2, -0.15) is 13.2 Å². The fraction of sp³-hybridized carbons (Fsp3) is 0.167. The van der Waals surface area contributed by atoms with Gasteiger partial charge in [0.1, 0.15) is 13.7 Å². The zero-order chi connectivity index (χ0) is 9.35. The van der Waals surface area contributed by atoms with Gasteiger partial charge in [-0.05, 0) is 0 Å². The van der Waals surface area contributed by atoms with E-state index in [4.69, 9.17) is 5.73 Å². The van der Waals surface area contributed by atoms with Crippen LogP contribution in [-0.4, -0.2) is 12.8 Å². The van der Waals surface area contributed by atoms with Crippen LogP contribution in [0.4, 0.5) is 19.0 Å². The molecule has 0 bridgehead atoms. The third-order valence-electron chi connectivity index (χ3n) is 1.36. The maximum absolute atomic E-state index is 12.1. The largest absolute Gasteiger partial charge is 0.419 e. The average molecular weight is 174 g/mol. The lowest BCUT2D eigenvalue weighted by Gasteiger charge is -2.08. The first-order valence-corrected chi connectivity index (χ1v) is 3.20. The molecule has 0 saturated heterocycles. The molecule has 12 heavy (non-hydrogen) atoms. The van der Waals surface area contributed by atoms with Gasteiger partial charge in [0.2, 0.25) is 0 Å². The van der Waals surface area contributed by atoms with E-state index in [-0.39, 0.29) is 0 Å². The Morgan fingerprint density at radius 2 is 2.00 bits per heavy atom. The molecule has 2 nitrogen and oxygen atoms in total. The van der Waals surface area contributed by atoms with Crippen LogP contribution in [0, 0.1) is 0 Å². The second-order valence-electron chi connectivity index (χ2n) is 2.44. The van der Waals surface area contributed by atoms with Crippen LogP contribution in [0.25, 0.3) is 0 Å². The van der Waals surface area contributed by atoms with Gasteiger partial charge in [-0.15, -0.1) is 0 Å². The Hall–Kier alpha value is -1.20. The molecule has 1 aromatic heterocycles. The Labute approximate surface area is 68.0 Å². The predicted molar refractivity (Wildman–Crippen MR) is 41.8 cm³/mol. The van der Waals surface area contributed by atoms with E-state index in [0.717, 1.165) is 6.07 Å². The molecule has 1 rings (SSSR count). The quantitative estimate of drug-likeness (QED) is 0.559. The number of hydrogen-bond donors (Lipinski definition) is 1. The van der Waals surface area contributed by atoms with Crippen LogP contribution in [0.5, 0.6) is 0 Å². The number of halogens is 3. The number of nitrogen functional groups attached to an aromatic ring is 1. The summed E-state index contributed by atoms with van der Waals surface area (Å²) in [6.07, 6.45) is -3.12. The van der Waals surface area contributed by atoms with Gasteiger partial charge in [0.15, 0.2) is 0 Å². The van der Waals surface area contributed by atoms with Crippen molar-refractivity contribution >= 4 is 19.1 Å². The molecule has 0 fully saturated rings. The van der Waals surface area contributed by atoms with Crippen LogP contribution in [0.3, 0.4) is 0 Å². The Bertz CT molecular complexity index is 297. The molecule has 0 atom stereocenters. The topological polar surface area (TPSA) is 38.9 Å². The standard InChI is InChI=1S/C6H6BF3N2/c7-3-1-4(6(8,9)10)5(11)12-2-3/h1-2H,7H2,(H2,11,12). The molecular formula is C6H6BF3N2. The predicted octanol–water partition coefficient (Wildman–Crippen LogP) is -0.0590. The molecule has 0 aliphatic carbocycles. The molecule has 1 heterocycles. The highest BCUT2D eigenvalue weighted by Crippen LogP contribution is 2.31. The molecule has 6 heteroatoms. The Kier molecular flexibility index (Phi) is 2.00. The van der Waals surface area contributed by atoms with Crippen molar-refractivity contribution in [3.8, 4) is 0 Å². The van der Waals surface area contributed by atoms with Crippen molar-refractivity contribution in [2.24, 2.45) is 0 Å². The summed E-state index contributed by atoms with van der Waals surface area (Å²) in [5, 5.41) is 0. The maximum Gasteiger partial charge on any atom is 0.419 e. The number of nitrogens with zero attached hydrogens (tertiary/aromatic N) is 1. The summed E-state index contributed by atoms with van der Waals surface area (Å²) in [5.74, 6) is -0.479. The third kappa shape index (κ3) is 1.69. The molecule has 0 saturated carbocycles. The lowest BCUT2D eigenvalue weighted by atomic mass is 9.97. The number of anilines is 1.